The molecule has 1 aromatic carbocycles. The molecule has 1 saturated heterocycles. The number of amides is 2. The van der Waals surface area contributed by atoms with Crippen molar-refractivity contribution in [1.82, 2.24) is 10.3 Å². The van der Waals surface area contributed by atoms with Gasteiger partial charge in [-0.2, -0.15) is 13.2 Å². The highest BCUT2D eigenvalue weighted by Gasteiger charge is 2.31. The van der Waals surface area contributed by atoms with Crippen LogP contribution in [-0.4, -0.2) is 33.2 Å². The van der Waals surface area contributed by atoms with E-state index in [1.807, 2.05) is 0 Å². The van der Waals surface area contributed by atoms with Crippen molar-refractivity contribution in [2.45, 2.75) is 19.5 Å². The third-order valence-electron chi connectivity index (χ3n) is 3.46. The molecule has 3 rings (SSSR count). The van der Waals surface area contributed by atoms with Crippen molar-refractivity contribution in [2.75, 3.05) is 5.32 Å². The monoisotopic (exact) mass is 442 g/mol. The molecule has 2 aromatic rings. The van der Waals surface area contributed by atoms with E-state index in [-0.39, 0.29) is 16.8 Å². The second-order valence-electron chi connectivity index (χ2n) is 5.86. The summed E-state index contributed by atoms with van der Waals surface area (Å²) in [6, 6.07) is 4.64. The number of benzene rings is 1. The highest BCUT2D eigenvalue weighted by atomic mass is 32.2. The Labute approximate surface area is 170 Å². The highest BCUT2D eigenvalue weighted by molar-refractivity contribution is 8.18. The van der Waals surface area contributed by atoms with Gasteiger partial charge in [0, 0.05) is 6.20 Å². The number of alkyl halides is 3. The van der Waals surface area contributed by atoms with Crippen molar-refractivity contribution in [3.8, 4) is 5.75 Å². The van der Waals surface area contributed by atoms with Crippen LogP contribution in [0.15, 0.2) is 34.3 Å². The van der Waals surface area contributed by atoms with Gasteiger partial charge in [0.2, 0.25) is 5.91 Å². The second-order valence-corrected chi connectivity index (χ2v) is 7.95. The molecule has 0 atom stereocenters. The van der Waals surface area contributed by atoms with Crippen molar-refractivity contribution in [3.05, 3.63) is 39.7 Å². The quantitative estimate of drug-likeness (QED) is 0.623. The predicted molar refractivity (Wildman–Crippen MR) is 105 cm³/mol. The Morgan fingerprint density at radius 3 is 2.86 bits per heavy atom. The number of amidine groups is 1. The van der Waals surface area contributed by atoms with E-state index in [1.54, 1.807) is 19.1 Å². The number of thiazole rings is 1. The number of halogens is 3. The van der Waals surface area contributed by atoms with E-state index in [1.165, 1.54) is 18.3 Å². The van der Waals surface area contributed by atoms with Crippen molar-refractivity contribution in [2.24, 2.45) is 4.99 Å². The average molecular weight is 442 g/mol. The molecule has 2 heterocycles. The van der Waals surface area contributed by atoms with E-state index in [4.69, 9.17) is 0 Å². The van der Waals surface area contributed by atoms with Crippen LogP contribution in [-0.2, 0) is 9.59 Å². The molecule has 0 aliphatic carbocycles. The fraction of sp³-hybridized carbons (Fsp3) is 0.176. The molecular weight excluding hydrogens is 429 g/mol. The van der Waals surface area contributed by atoms with E-state index in [9.17, 15) is 27.9 Å². The van der Waals surface area contributed by atoms with Gasteiger partial charge in [-0.15, -0.1) is 0 Å². The van der Waals surface area contributed by atoms with Gasteiger partial charge in [-0.1, -0.05) is 11.3 Å². The SMILES string of the molecule is Cc1cc(O)ccc1N=C1NC(=O)C(=Cc2cnc(NC(=O)CC(F)(F)F)s2)S1. The minimum atomic E-state index is -4.60. The summed E-state index contributed by atoms with van der Waals surface area (Å²) in [5.41, 5.74) is 1.31. The summed E-state index contributed by atoms with van der Waals surface area (Å²) in [7, 11) is 0. The third-order valence-corrected chi connectivity index (χ3v) is 5.23. The Hall–Kier alpha value is -2.86. The number of carbonyl (C=O) groups excluding carboxylic acids is 2. The van der Waals surface area contributed by atoms with Crippen LogP contribution >= 0.6 is 23.1 Å². The van der Waals surface area contributed by atoms with E-state index in [2.05, 4.69) is 20.6 Å². The molecule has 1 aliphatic rings. The molecule has 2 amide bonds. The summed E-state index contributed by atoms with van der Waals surface area (Å²) >= 11 is 2.02. The molecule has 0 saturated carbocycles. The number of aromatic hydroxyl groups is 1. The van der Waals surface area contributed by atoms with Gasteiger partial charge < -0.3 is 15.7 Å². The third kappa shape index (κ3) is 5.81. The van der Waals surface area contributed by atoms with Gasteiger partial charge in [0.05, 0.1) is 15.5 Å². The van der Waals surface area contributed by atoms with Crippen LogP contribution in [0, 0.1) is 6.92 Å². The predicted octanol–water partition coefficient (Wildman–Crippen LogP) is 3.94. The summed E-state index contributed by atoms with van der Waals surface area (Å²) in [4.78, 5) is 32.4. The van der Waals surface area contributed by atoms with Crippen molar-refractivity contribution in [3.63, 3.8) is 0 Å². The molecule has 0 bridgehead atoms. The number of anilines is 1. The van der Waals surface area contributed by atoms with Crippen LogP contribution in [0.1, 0.15) is 16.9 Å². The van der Waals surface area contributed by atoms with E-state index in [0.29, 0.717) is 20.6 Å². The first-order valence-corrected chi connectivity index (χ1v) is 9.64. The normalized spacial score (nSPS) is 17.0. The molecule has 0 spiro atoms. The fourth-order valence-corrected chi connectivity index (χ4v) is 3.92. The molecule has 7 nitrogen and oxygen atoms in total. The maximum atomic E-state index is 12.2. The lowest BCUT2D eigenvalue weighted by molar-refractivity contribution is -0.150. The lowest BCUT2D eigenvalue weighted by Crippen LogP contribution is -2.20. The van der Waals surface area contributed by atoms with Crippen LogP contribution in [0.3, 0.4) is 0 Å². The lowest BCUT2D eigenvalue weighted by atomic mass is 10.2. The number of aromatic nitrogens is 1. The number of phenolic OH excluding ortho intramolecular Hbond substituents is 1. The smallest absolute Gasteiger partial charge is 0.397 e. The Morgan fingerprint density at radius 2 is 2.17 bits per heavy atom. The molecule has 1 fully saturated rings. The molecule has 0 unspecified atom stereocenters. The molecule has 0 radical (unpaired) electrons. The Bertz CT molecular complexity index is 1030. The molecule has 3 N–H and O–H groups in total. The summed E-state index contributed by atoms with van der Waals surface area (Å²) in [5, 5.41) is 14.5. The number of thioether (sulfide) groups is 1. The van der Waals surface area contributed by atoms with E-state index >= 15 is 0 Å². The number of carbonyl (C=O) groups is 2. The summed E-state index contributed by atoms with van der Waals surface area (Å²) in [6.45, 7) is 1.77. The first-order chi connectivity index (χ1) is 13.6. The Morgan fingerprint density at radius 1 is 1.41 bits per heavy atom. The van der Waals surface area contributed by atoms with E-state index < -0.39 is 18.5 Å². The van der Waals surface area contributed by atoms with Crippen LogP contribution in [0.25, 0.3) is 6.08 Å². The van der Waals surface area contributed by atoms with Crippen molar-refractivity contribution < 1.29 is 27.9 Å². The minimum Gasteiger partial charge on any atom is -0.508 e. The standard InChI is InChI=1S/C17H13F3N4O3S2/c1-8-4-9(25)2-3-11(8)22-16-24-14(27)12(29-16)5-10-7-21-15(28-10)23-13(26)6-17(18,19)20/h2-5,7,25H,6H2,1H3,(H,21,23,26)(H,22,24,27). The zero-order chi connectivity index (χ0) is 21.2. The van der Waals surface area contributed by atoms with Gasteiger partial charge in [-0.05, 0) is 48.5 Å². The maximum Gasteiger partial charge on any atom is 0.397 e. The summed E-state index contributed by atoms with van der Waals surface area (Å²) in [6.07, 6.45) is -3.36. The molecule has 1 aromatic heterocycles. The van der Waals surface area contributed by atoms with Gasteiger partial charge in [0.1, 0.15) is 12.2 Å². The second kappa shape index (κ2) is 8.25. The van der Waals surface area contributed by atoms with Crippen molar-refractivity contribution in [1.29, 1.82) is 0 Å². The highest BCUT2D eigenvalue weighted by Crippen LogP contribution is 2.32. The average Bonchev–Trinajstić information content (AvgIpc) is 3.15. The molecule has 152 valence electrons. The fourth-order valence-electron chi connectivity index (χ4n) is 2.24. The first kappa shape index (κ1) is 20.9. The number of phenols is 1. The van der Waals surface area contributed by atoms with Crippen LogP contribution in [0.2, 0.25) is 0 Å². The number of hydrogen-bond donors (Lipinski definition) is 3. The molecule has 12 heteroatoms. The van der Waals surface area contributed by atoms with E-state index in [0.717, 1.165) is 28.7 Å². The number of aliphatic imine (C=N–C) groups is 1. The lowest BCUT2D eigenvalue weighted by Gasteiger charge is -2.04. The van der Waals surface area contributed by atoms with Gasteiger partial charge in [-0.3, -0.25) is 9.59 Å². The summed E-state index contributed by atoms with van der Waals surface area (Å²) in [5.74, 6) is -1.49. The van der Waals surface area contributed by atoms with Crippen LogP contribution < -0.4 is 10.6 Å². The number of nitrogens with one attached hydrogen (secondary N) is 2. The van der Waals surface area contributed by atoms with Crippen LogP contribution in [0.5, 0.6) is 5.75 Å². The number of hydrogen-bond acceptors (Lipinski definition) is 7. The number of rotatable bonds is 4. The summed E-state index contributed by atoms with van der Waals surface area (Å²) < 4.78 is 36.6. The minimum absolute atomic E-state index is 0.00288. The van der Waals surface area contributed by atoms with Gasteiger partial charge in [0.25, 0.3) is 5.91 Å². The Kier molecular flexibility index (Phi) is 5.94. The first-order valence-electron chi connectivity index (χ1n) is 8.01. The number of aryl methyl sites for hydroxylation is 1. The zero-order valence-electron chi connectivity index (χ0n) is 14.7. The van der Waals surface area contributed by atoms with Crippen LogP contribution in [0.4, 0.5) is 24.0 Å². The van der Waals surface area contributed by atoms with Crippen molar-refractivity contribution >= 4 is 57.0 Å². The molecular formula is C17H13F3N4O3S2. The topological polar surface area (TPSA) is 104 Å². The zero-order valence-corrected chi connectivity index (χ0v) is 16.3. The van der Waals surface area contributed by atoms with Gasteiger partial charge in [-0.25, -0.2) is 9.98 Å². The molecule has 29 heavy (non-hydrogen) atoms. The largest absolute Gasteiger partial charge is 0.508 e. The van der Waals surface area contributed by atoms with Gasteiger partial charge in [0.15, 0.2) is 10.3 Å². The number of nitrogens with zero attached hydrogens (tertiary/aromatic N) is 2. The molecule has 1 aliphatic heterocycles. The Balaban J connectivity index is 1.70. The van der Waals surface area contributed by atoms with Gasteiger partial charge >= 0.3 is 6.18 Å². The maximum absolute atomic E-state index is 12.2.